The Hall–Kier alpha value is -3.26. The third-order valence-corrected chi connectivity index (χ3v) is 8.31. The van der Waals surface area contributed by atoms with Crippen molar-refractivity contribution < 1.29 is 43.7 Å². The molecule has 14 heteroatoms. The lowest BCUT2D eigenvalue weighted by molar-refractivity contribution is -0.164. The molecule has 244 valence electrons. The Labute approximate surface area is 253 Å². The molecular formula is C29H49N5O9. The Morgan fingerprint density at radius 3 is 2.09 bits per heavy atom. The van der Waals surface area contributed by atoms with Crippen LogP contribution in [0, 0.1) is 17.8 Å². The fraction of sp³-hybridized carbons (Fsp3) is 0.793. The second-order valence-electron chi connectivity index (χ2n) is 12.3. The van der Waals surface area contributed by atoms with Crippen molar-refractivity contribution in [1.29, 1.82) is 0 Å². The number of amides is 5. The van der Waals surface area contributed by atoms with Crippen LogP contribution in [-0.2, 0) is 33.5 Å². The lowest BCUT2D eigenvalue weighted by atomic mass is 9.96. The van der Waals surface area contributed by atoms with Gasteiger partial charge in [0.05, 0.1) is 19.1 Å². The highest BCUT2D eigenvalue weighted by atomic mass is 16.5. The van der Waals surface area contributed by atoms with Gasteiger partial charge in [-0.2, -0.15) is 0 Å². The zero-order valence-corrected chi connectivity index (χ0v) is 26.5. The molecule has 2 heterocycles. The molecule has 0 radical (unpaired) electrons. The fourth-order valence-electron chi connectivity index (χ4n) is 5.54. The number of fused-ring (bicyclic) bond motifs is 1. The Bertz CT molecular complexity index is 1050. The average molecular weight is 612 g/mol. The molecule has 14 nitrogen and oxygen atoms in total. The predicted molar refractivity (Wildman–Crippen MR) is 155 cm³/mol. The molecule has 2 rings (SSSR count). The number of esters is 1. The van der Waals surface area contributed by atoms with Crippen LogP contribution in [0.4, 0.5) is 0 Å². The zero-order chi connectivity index (χ0) is 32.8. The normalized spacial score (nSPS) is 30.0. The molecule has 2 saturated heterocycles. The number of nitrogens with zero attached hydrogens (tertiary/aromatic N) is 3. The van der Waals surface area contributed by atoms with Gasteiger partial charge in [0.2, 0.25) is 23.6 Å². The molecule has 2 aliphatic rings. The Morgan fingerprint density at radius 2 is 1.53 bits per heavy atom. The van der Waals surface area contributed by atoms with Crippen LogP contribution < -0.4 is 10.6 Å². The summed E-state index contributed by atoms with van der Waals surface area (Å²) >= 11 is 0. The largest absolute Gasteiger partial charge is 0.452 e. The van der Waals surface area contributed by atoms with E-state index in [2.05, 4.69) is 10.6 Å². The number of rotatable bonds is 5. The maximum atomic E-state index is 13.8. The first kappa shape index (κ1) is 35.9. The van der Waals surface area contributed by atoms with Crippen LogP contribution >= 0.6 is 0 Å². The van der Waals surface area contributed by atoms with Gasteiger partial charge >= 0.3 is 5.97 Å². The maximum Gasteiger partial charge on any atom is 0.308 e. The minimum atomic E-state index is -1.49. The van der Waals surface area contributed by atoms with Gasteiger partial charge in [-0.25, -0.2) is 0 Å². The van der Waals surface area contributed by atoms with E-state index in [-0.39, 0.29) is 37.3 Å². The lowest BCUT2D eigenvalue weighted by Crippen LogP contribution is -2.61. The number of ether oxygens (including phenoxy) is 1. The van der Waals surface area contributed by atoms with Gasteiger partial charge in [-0.1, -0.05) is 34.6 Å². The monoisotopic (exact) mass is 611 g/mol. The van der Waals surface area contributed by atoms with E-state index in [1.54, 1.807) is 34.6 Å². The van der Waals surface area contributed by atoms with Crippen LogP contribution in [0.2, 0.25) is 0 Å². The number of cyclic esters (lactones) is 1. The zero-order valence-electron chi connectivity index (χ0n) is 26.5. The number of hydrogen-bond acceptors (Lipinski definition) is 9. The molecule has 0 bridgehead atoms. The van der Waals surface area contributed by atoms with Crippen LogP contribution in [0.5, 0.6) is 0 Å². The SMILES string of the molecule is CC(C)[C@@H]1NC(=O)[C@@H]2[C@@H](C)CCN2C(=O)[C@@H](C[C@@H](O)CO)OC(=O)CCNC(=O)[C@H](C)N(C)C(=O)[C@H](C(C)C)N(C)C1=O. The highest BCUT2D eigenvalue weighted by molar-refractivity contribution is 5.96. The van der Waals surface area contributed by atoms with Crippen molar-refractivity contribution in [2.75, 3.05) is 33.8 Å². The van der Waals surface area contributed by atoms with Crippen LogP contribution in [0.15, 0.2) is 0 Å². The molecule has 5 amide bonds. The summed E-state index contributed by atoms with van der Waals surface area (Å²) in [6, 6.07) is -3.91. The van der Waals surface area contributed by atoms with Gasteiger partial charge in [-0.05, 0) is 31.1 Å². The van der Waals surface area contributed by atoms with Gasteiger partial charge in [-0.3, -0.25) is 28.8 Å². The molecule has 4 N–H and O–H groups in total. The van der Waals surface area contributed by atoms with E-state index >= 15 is 0 Å². The van der Waals surface area contributed by atoms with Gasteiger partial charge in [-0.15, -0.1) is 0 Å². The highest BCUT2D eigenvalue weighted by Crippen LogP contribution is 2.27. The molecule has 7 atom stereocenters. The number of aliphatic hydroxyl groups excluding tert-OH is 2. The third-order valence-electron chi connectivity index (χ3n) is 8.31. The molecule has 0 aromatic heterocycles. The van der Waals surface area contributed by atoms with E-state index in [9.17, 15) is 39.0 Å². The number of likely N-dealkylation sites (N-methyl/N-ethyl adjacent to an activating group) is 2. The maximum absolute atomic E-state index is 13.8. The fourth-order valence-corrected chi connectivity index (χ4v) is 5.54. The van der Waals surface area contributed by atoms with E-state index in [0.717, 1.165) is 0 Å². The second-order valence-corrected chi connectivity index (χ2v) is 12.3. The molecule has 0 spiro atoms. The first-order chi connectivity index (χ1) is 20.0. The van der Waals surface area contributed by atoms with Crippen molar-refractivity contribution in [2.45, 2.75) is 97.2 Å². The molecular weight excluding hydrogens is 562 g/mol. The van der Waals surface area contributed by atoms with Gasteiger partial charge in [0.1, 0.15) is 24.2 Å². The topological polar surface area (TPSA) is 186 Å². The van der Waals surface area contributed by atoms with Crippen molar-refractivity contribution in [3.63, 3.8) is 0 Å². The molecule has 0 saturated carbocycles. The summed E-state index contributed by atoms with van der Waals surface area (Å²) < 4.78 is 5.40. The lowest BCUT2D eigenvalue weighted by Gasteiger charge is -2.38. The Balaban J connectivity index is 2.56. The van der Waals surface area contributed by atoms with E-state index in [1.165, 1.54) is 35.7 Å². The Kier molecular flexibility index (Phi) is 12.9. The van der Waals surface area contributed by atoms with Crippen molar-refractivity contribution in [3.8, 4) is 0 Å². The first-order valence-electron chi connectivity index (χ1n) is 14.9. The Morgan fingerprint density at radius 1 is 0.907 bits per heavy atom. The second kappa shape index (κ2) is 15.5. The minimum Gasteiger partial charge on any atom is -0.452 e. The van der Waals surface area contributed by atoms with Gasteiger partial charge in [0.25, 0.3) is 5.91 Å². The van der Waals surface area contributed by atoms with Crippen molar-refractivity contribution in [1.82, 2.24) is 25.3 Å². The molecule has 43 heavy (non-hydrogen) atoms. The number of aliphatic hydroxyl groups is 2. The molecule has 0 aromatic carbocycles. The molecule has 0 aliphatic carbocycles. The van der Waals surface area contributed by atoms with Gasteiger partial charge < -0.3 is 40.3 Å². The minimum absolute atomic E-state index is 0.151. The molecule has 0 aromatic rings. The summed E-state index contributed by atoms with van der Waals surface area (Å²) in [6.45, 7) is 9.73. The van der Waals surface area contributed by atoms with Crippen molar-refractivity contribution in [2.24, 2.45) is 17.8 Å². The summed E-state index contributed by atoms with van der Waals surface area (Å²) in [6.07, 6.45) is -3.09. The van der Waals surface area contributed by atoms with E-state index in [1.807, 2.05) is 0 Å². The smallest absolute Gasteiger partial charge is 0.308 e. The molecule has 2 fully saturated rings. The van der Waals surface area contributed by atoms with Crippen molar-refractivity contribution >= 4 is 35.5 Å². The van der Waals surface area contributed by atoms with Crippen LogP contribution in [-0.4, -0.2) is 131 Å². The number of nitrogens with one attached hydrogen (secondary N) is 2. The predicted octanol–water partition coefficient (Wildman–Crippen LogP) is -1.13. The summed E-state index contributed by atoms with van der Waals surface area (Å²) in [7, 11) is 2.94. The summed E-state index contributed by atoms with van der Waals surface area (Å²) in [5.74, 6) is -4.63. The van der Waals surface area contributed by atoms with E-state index in [0.29, 0.717) is 6.42 Å². The molecule has 0 unspecified atom stereocenters. The standard InChI is InChI=1S/C29H49N5O9/c1-15(2)22-28(41)33(8)23(16(3)4)29(42)32(7)18(6)25(38)30-11-9-21(37)43-20(13-19(36)14-35)27(40)34-12-10-17(5)24(34)26(39)31-22/h15-20,22-24,35-36H,9-14H2,1-8H3,(H,30,38)(H,31,39)/t17-,18-,19+,20+,22-,23-,24-/m0/s1. The van der Waals surface area contributed by atoms with E-state index < -0.39 is 84.9 Å². The summed E-state index contributed by atoms with van der Waals surface area (Å²) in [5.41, 5.74) is 0. The number of hydrogen-bond donors (Lipinski definition) is 4. The average Bonchev–Trinajstić information content (AvgIpc) is 3.33. The van der Waals surface area contributed by atoms with Gasteiger partial charge in [0, 0.05) is 33.6 Å². The van der Waals surface area contributed by atoms with Crippen LogP contribution in [0.1, 0.15) is 60.8 Å². The van der Waals surface area contributed by atoms with Crippen LogP contribution in [0.3, 0.4) is 0 Å². The summed E-state index contributed by atoms with van der Waals surface area (Å²) in [4.78, 5) is 84.2. The third kappa shape index (κ3) is 8.65. The van der Waals surface area contributed by atoms with Crippen LogP contribution in [0.25, 0.3) is 0 Å². The highest BCUT2D eigenvalue weighted by Gasteiger charge is 2.45. The molecule has 2 aliphatic heterocycles. The van der Waals surface area contributed by atoms with E-state index in [4.69, 9.17) is 4.74 Å². The number of carbonyl (C=O) groups is 6. The van der Waals surface area contributed by atoms with Crippen molar-refractivity contribution in [3.05, 3.63) is 0 Å². The van der Waals surface area contributed by atoms with Gasteiger partial charge in [0.15, 0.2) is 6.10 Å². The quantitative estimate of drug-likeness (QED) is 0.279. The summed E-state index contributed by atoms with van der Waals surface area (Å²) in [5, 5.41) is 24.8. The first-order valence-corrected chi connectivity index (χ1v) is 14.9. The number of carbonyl (C=O) groups excluding carboxylic acids is 6.